The third kappa shape index (κ3) is 5.13. The first-order valence-corrected chi connectivity index (χ1v) is 4.47. The third-order valence-corrected chi connectivity index (χ3v) is 1.44. The zero-order chi connectivity index (χ0) is 9.72. The van der Waals surface area contributed by atoms with Gasteiger partial charge in [0, 0.05) is 6.42 Å². The van der Waals surface area contributed by atoms with Crippen molar-refractivity contribution < 1.29 is 15.3 Å². The zero-order valence-corrected chi connectivity index (χ0v) is 8.46. The van der Waals surface area contributed by atoms with E-state index in [-0.39, 0.29) is 18.1 Å². The second kappa shape index (κ2) is 5.14. The first-order chi connectivity index (χ1) is 5.43. The second-order valence-electron chi connectivity index (χ2n) is 3.81. The number of quaternary nitrogens is 1. The Morgan fingerprint density at radius 1 is 1.33 bits per heavy atom. The highest BCUT2D eigenvalue weighted by atomic mass is 16.5. The van der Waals surface area contributed by atoms with Gasteiger partial charge in [0.25, 0.3) is 0 Å². The number of carbonyl (C=O) groups is 1. The molecular formula is C9H20NO2+. The molecule has 0 aromatic carbocycles. The van der Waals surface area contributed by atoms with E-state index in [1.165, 1.54) is 0 Å². The average Bonchev–Trinajstić information content (AvgIpc) is 1.84. The summed E-state index contributed by atoms with van der Waals surface area (Å²) in [6.07, 6.45) is 0.764. The van der Waals surface area contributed by atoms with Gasteiger partial charge in [0.1, 0.15) is 0 Å². The van der Waals surface area contributed by atoms with Gasteiger partial charge < -0.3 is 10.5 Å². The van der Waals surface area contributed by atoms with Crippen LogP contribution in [0.15, 0.2) is 0 Å². The molecule has 12 heavy (non-hydrogen) atoms. The van der Waals surface area contributed by atoms with Crippen LogP contribution in [0, 0.1) is 5.92 Å². The molecule has 1 unspecified atom stereocenters. The van der Waals surface area contributed by atoms with Crippen molar-refractivity contribution in [2.24, 2.45) is 5.92 Å². The lowest BCUT2D eigenvalue weighted by Crippen LogP contribution is -2.65. The molecule has 0 aliphatic heterocycles. The molecule has 3 heteroatoms. The Labute approximate surface area is 74.3 Å². The van der Waals surface area contributed by atoms with Crippen LogP contribution in [0.1, 0.15) is 34.1 Å². The quantitative estimate of drug-likeness (QED) is 0.634. The number of hydrogen-bond donors (Lipinski definition) is 1. The van der Waals surface area contributed by atoms with Crippen LogP contribution in [0.2, 0.25) is 0 Å². The fourth-order valence-corrected chi connectivity index (χ4v) is 0.994. The lowest BCUT2D eigenvalue weighted by molar-refractivity contribution is -0.411. The summed E-state index contributed by atoms with van der Waals surface area (Å²) in [4.78, 5) is 11.2. The summed E-state index contributed by atoms with van der Waals surface area (Å²) in [5, 5.41) is 0. The molecule has 0 bridgehead atoms. The van der Waals surface area contributed by atoms with Crippen molar-refractivity contribution in [1.29, 1.82) is 0 Å². The molecule has 0 aliphatic carbocycles. The first kappa shape index (κ1) is 11.4. The molecule has 0 fully saturated rings. The van der Waals surface area contributed by atoms with Crippen LogP contribution < -0.4 is 5.73 Å². The molecule has 0 rings (SSSR count). The highest BCUT2D eigenvalue weighted by Gasteiger charge is 2.20. The van der Waals surface area contributed by atoms with Crippen molar-refractivity contribution in [2.75, 3.05) is 0 Å². The highest BCUT2D eigenvalue weighted by Crippen LogP contribution is 2.03. The molecule has 0 aromatic heterocycles. The number of ether oxygens (including phenoxy) is 1. The van der Waals surface area contributed by atoms with E-state index in [0.29, 0.717) is 5.92 Å². The predicted molar refractivity (Wildman–Crippen MR) is 47.4 cm³/mol. The second-order valence-corrected chi connectivity index (χ2v) is 3.81. The Balaban J connectivity index is 3.77. The molecule has 1 atom stereocenters. The van der Waals surface area contributed by atoms with Gasteiger partial charge in [-0.3, -0.25) is 0 Å². The van der Waals surface area contributed by atoms with Crippen molar-refractivity contribution in [1.82, 2.24) is 0 Å². The van der Waals surface area contributed by atoms with E-state index in [0.717, 1.165) is 6.42 Å². The van der Waals surface area contributed by atoms with Gasteiger partial charge in [-0.15, -0.1) is 0 Å². The number of hydrogen-bond acceptors (Lipinski definition) is 2. The van der Waals surface area contributed by atoms with Crippen molar-refractivity contribution in [3.63, 3.8) is 0 Å². The molecule has 0 aromatic rings. The molecule has 0 saturated carbocycles. The molecule has 0 aliphatic rings. The molecule has 3 N–H and O–H groups in total. The molecule has 3 nitrogen and oxygen atoms in total. The molecule has 0 heterocycles. The summed E-state index contributed by atoms with van der Waals surface area (Å²) in [6.45, 7) is 7.83. The van der Waals surface area contributed by atoms with E-state index in [1.807, 2.05) is 13.8 Å². The van der Waals surface area contributed by atoms with Crippen LogP contribution in [0.25, 0.3) is 0 Å². The maximum atomic E-state index is 11.2. The minimum absolute atomic E-state index is 0.0334. The third-order valence-electron chi connectivity index (χ3n) is 1.44. The lowest BCUT2D eigenvalue weighted by atomic mass is 10.1. The van der Waals surface area contributed by atoms with E-state index in [1.54, 1.807) is 0 Å². The van der Waals surface area contributed by atoms with Gasteiger partial charge in [-0.05, 0) is 19.8 Å². The van der Waals surface area contributed by atoms with Crippen molar-refractivity contribution in [2.45, 2.75) is 46.3 Å². The Hall–Kier alpha value is -0.570. The van der Waals surface area contributed by atoms with Gasteiger partial charge in [0.15, 0.2) is 6.04 Å². The summed E-state index contributed by atoms with van der Waals surface area (Å²) >= 11 is 0. The summed E-state index contributed by atoms with van der Waals surface area (Å²) in [7, 11) is 0. The van der Waals surface area contributed by atoms with E-state index in [4.69, 9.17) is 4.74 Å². The molecular weight excluding hydrogens is 154 g/mol. The standard InChI is InChI=1S/C9H19NO2/c1-6(2)5-8(10)9(11)12-7(3)4/h6-8H,5,10H2,1-4H3/p+1. The Bertz CT molecular complexity index is 143. The van der Waals surface area contributed by atoms with E-state index >= 15 is 0 Å². The van der Waals surface area contributed by atoms with Crippen LogP contribution in [0.3, 0.4) is 0 Å². The first-order valence-electron chi connectivity index (χ1n) is 4.47. The van der Waals surface area contributed by atoms with Crippen LogP contribution in [-0.2, 0) is 9.53 Å². The molecule has 0 amide bonds. The Morgan fingerprint density at radius 3 is 2.17 bits per heavy atom. The van der Waals surface area contributed by atoms with Crippen LogP contribution in [-0.4, -0.2) is 18.1 Å². The molecule has 0 saturated heterocycles. The van der Waals surface area contributed by atoms with Gasteiger partial charge in [-0.25, -0.2) is 4.79 Å². The smallest absolute Gasteiger partial charge is 0.365 e. The average molecular weight is 174 g/mol. The van der Waals surface area contributed by atoms with Crippen LogP contribution >= 0.6 is 0 Å². The minimum Gasteiger partial charge on any atom is -0.459 e. The van der Waals surface area contributed by atoms with Gasteiger partial charge >= 0.3 is 5.97 Å². The molecule has 0 spiro atoms. The van der Waals surface area contributed by atoms with Gasteiger partial charge in [-0.2, -0.15) is 0 Å². The fourth-order valence-electron chi connectivity index (χ4n) is 0.994. The van der Waals surface area contributed by atoms with Gasteiger partial charge in [0.2, 0.25) is 0 Å². The number of esters is 1. The largest absolute Gasteiger partial charge is 0.459 e. The van der Waals surface area contributed by atoms with Crippen molar-refractivity contribution in [3.05, 3.63) is 0 Å². The Morgan fingerprint density at radius 2 is 1.83 bits per heavy atom. The minimum atomic E-state index is -0.215. The maximum absolute atomic E-state index is 11.2. The normalized spacial score (nSPS) is 13.6. The monoisotopic (exact) mass is 174 g/mol. The summed E-state index contributed by atoms with van der Waals surface area (Å²) in [6, 6.07) is -0.215. The summed E-state index contributed by atoms with van der Waals surface area (Å²) in [5.41, 5.74) is 3.76. The summed E-state index contributed by atoms with van der Waals surface area (Å²) < 4.78 is 5.01. The molecule has 72 valence electrons. The molecule has 0 radical (unpaired) electrons. The SMILES string of the molecule is CC(C)CC([NH3+])C(=O)OC(C)C. The number of carbonyl (C=O) groups excluding carboxylic acids is 1. The van der Waals surface area contributed by atoms with E-state index < -0.39 is 0 Å². The van der Waals surface area contributed by atoms with Crippen molar-refractivity contribution >= 4 is 5.97 Å². The maximum Gasteiger partial charge on any atom is 0.365 e. The zero-order valence-electron chi connectivity index (χ0n) is 8.46. The predicted octanol–water partition coefficient (Wildman–Crippen LogP) is 0.595. The lowest BCUT2D eigenvalue weighted by Gasteiger charge is -2.12. The fraction of sp³-hybridized carbons (Fsp3) is 0.889. The van der Waals surface area contributed by atoms with Crippen LogP contribution in [0.5, 0.6) is 0 Å². The summed E-state index contributed by atoms with van der Waals surface area (Å²) in [5.74, 6) is 0.311. The van der Waals surface area contributed by atoms with Crippen molar-refractivity contribution in [3.8, 4) is 0 Å². The van der Waals surface area contributed by atoms with Gasteiger partial charge in [-0.1, -0.05) is 13.8 Å². The topological polar surface area (TPSA) is 53.9 Å². The number of rotatable bonds is 4. The van der Waals surface area contributed by atoms with E-state index in [2.05, 4.69) is 19.6 Å². The Kier molecular flexibility index (Phi) is 4.90. The van der Waals surface area contributed by atoms with E-state index in [9.17, 15) is 4.79 Å². The van der Waals surface area contributed by atoms with Crippen LogP contribution in [0.4, 0.5) is 0 Å². The highest BCUT2D eigenvalue weighted by molar-refractivity contribution is 5.74. The van der Waals surface area contributed by atoms with Gasteiger partial charge in [0.05, 0.1) is 6.10 Å².